The molecule has 0 fully saturated rings. The molecule has 0 atom stereocenters. The van der Waals surface area contributed by atoms with Gasteiger partial charge in [0.05, 0.1) is 10.2 Å². The van der Waals surface area contributed by atoms with Crippen molar-refractivity contribution < 1.29 is 0 Å². The summed E-state index contributed by atoms with van der Waals surface area (Å²) in [6.45, 7) is 19.9. The Labute approximate surface area is 191 Å². The Morgan fingerprint density at radius 1 is 1.07 bits per heavy atom. The van der Waals surface area contributed by atoms with Gasteiger partial charge in [-0.05, 0) is 73.3 Å². The lowest BCUT2D eigenvalue weighted by atomic mass is 10.0. The second-order valence-electron chi connectivity index (χ2n) is 9.14. The van der Waals surface area contributed by atoms with Gasteiger partial charge in [0.15, 0.2) is 5.13 Å². The van der Waals surface area contributed by atoms with Gasteiger partial charge < -0.3 is 5.32 Å². The van der Waals surface area contributed by atoms with Gasteiger partial charge in [-0.25, -0.2) is 4.98 Å². The summed E-state index contributed by atoms with van der Waals surface area (Å²) >= 11 is 3.58. The Kier molecular flexibility index (Phi) is 8.99. The first-order valence-electron chi connectivity index (χ1n) is 10.5. The maximum atomic E-state index is 4.67. The number of allylic oxidation sites excluding steroid dienone is 1. The third kappa shape index (κ3) is 8.53. The van der Waals surface area contributed by atoms with E-state index in [1.165, 1.54) is 37.6 Å². The molecule has 4 heteroatoms. The van der Waals surface area contributed by atoms with Crippen LogP contribution in [-0.2, 0) is 6.42 Å². The van der Waals surface area contributed by atoms with Gasteiger partial charge in [0, 0.05) is 12.3 Å². The van der Waals surface area contributed by atoms with E-state index in [0.29, 0.717) is 5.41 Å². The van der Waals surface area contributed by atoms with Crippen LogP contribution in [0.4, 0.5) is 5.13 Å². The zero-order valence-corrected chi connectivity index (χ0v) is 21.2. The van der Waals surface area contributed by atoms with Crippen LogP contribution in [0.5, 0.6) is 0 Å². The number of rotatable bonds is 6. The van der Waals surface area contributed by atoms with Crippen molar-refractivity contribution in [3.63, 3.8) is 0 Å². The summed E-state index contributed by atoms with van der Waals surface area (Å²) in [5, 5.41) is 4.46. The van der Waals surface area contributed by atoms with Crippen molar-refractivity contribution in [3.8, 4) is 0 Å². The molecule has 0 aliphatic rings. The topological polar surface area (TPSA) is 24.9 Å². The Morgan fingerprint density at radius 2 is 1.70 bits per heavy atom. The van der Waals surface area contributed by atoms with Gasteiger partial charge in [-0.1, -0.05) is 68.5 Å². The number of thioether (sulfide) groups is 1. The number of nitrogens with one attached hydrogen (secondary N) is 1. The average Bonchev–Trinajstić information content (AvgIpc) is 3.03. The molecule has 3 aromatic rings. The number of fused-ring (bicyclic) bond motifs is 1. The van der Waals surface area contributed by atoms with E-state index in [4.69, 9.17) is 0 Å². The number of aromatic nitrogens is 1. The van der Waals surface area contributed by atoms with Crippen molar-refractivity contribution in [2.75, 3.05) is 17.6 Å². The molecule has 0 saturated carbocycles. The lowest BCUT2D eigenvalue weighted by molar-refractivity contribution is 0.481. The summed E-state index contributed by atoms with van der Waals surface area (Å²) in [6.07, 6.45) is 1.02. The van der Waals surface area contributed by atoms with Crippen molar-refractivity contribution in [2.24, 2.45) is 5.41 Å². The lowest BCUT2D eigenvalue weighted by Crippen LogP contribution is -2.07. The summed E-state index contributed by atoms with van der Waals surface area (Å²) in [5.41, 5.74) is 6.84. The van der Waals surface area contributed by atoms with Gasteiger partial charge >= 0.3 is 0 Å². The molecule has 1 N–H and O–H groups in total. The second kappa shape index (κ2) is 11.0. The number of aryl methyl sites for hydroxylation is 3. The first-order chi connectivity index (χ1) is 14.0. The zero-order chi connectivity index (χ0) is 22.3. The van der Waals surface area contributed by atoms with E-state index in [0.717, 1.165) is 23.6 Å². The Morgan fingerprint density at radius 3 is 2.27 bits per heavy atom. The molecule has 30 heavy (non-hydrogen) atoms. The van der Waals surface area contributed by atoms with Crippen LogP contribution in [0, 0.1) is 26.2 Å². The summed E-state index contributed by atoms with van der Waals surface area (Å²) in [7, 11) is 0. The standard InChI is InChI=1S/C18H20N2S.C8H16S/c1-12-4-6-15(7-5-12)8-9-19-18-20-16-10-13(2)14(3)11-17(16)21-18;1-7(2)9-6-8(3,4)5/h4-7,10-11H,8-9H2,1-3H3,(H,19,20);1,6H2,2-5H3. The van der Waals surface area contributed by atoms with Gasteiger partial charge in [-0.15, -0.1) is 11.8 Å². The minimum Gasteiger partial charge on any atom is -0.361 e. The summed E-state index contributed by atoms with van der Waals surface area (Å²) in [4.78, 5) is 5.88. The van der Waals surface area contributed by atoms with E-state index in [1.54, 1.807) is 11.3 Å². The fourth-order valence-electron chi connectivity index (χ4n) is 2.66. The molecule has 0 spiro atoms. The third-order valence-corrected chi connectivity index (χ3v) is 7.05. The molecule has 0 aliphatic carbocycles. The molecule has 0 bridgehead atoms. The van der Waals surface area contributed by atoms with E-state index in [-0.39, 0.29) is 0 Å². The highest BCUT2D eigenvalue weighted by Crippen LogP contribution is 2.28. The molecular formula is C26H36N2S2. The van der Waals surface area contributed by atoms with E-state index in [9.17, 15) is 0 Å². The van der Waals surface area contributed by atoms with Crippen LogP contribution in [-0.4, -0.2) is 17.3 Å². The largest absolute Gasteiger partial charge is 0.361 e. The minimum atomic E-state index is 0.434. The molecule has 0 amide bonds. The monoisotopic (exact) mass is 440 g/mol. The maximum Gasteiger partial charge on any atom is 0.183 e. The van der Waals surface area contributed by atoms with E-state index in [2.05, 4.69) is 102 Å². The molecule has 0 saturated heterocycles. The summed E-state index contributed by atoms with van der Waals surface area (Å²) in [6, 6.07) is 13.1. The van der Waals surface area contributed by atoms with Crippen LogP contribution in [0.3, 0.4) is 0 Å². The van der Waals surface area contributed by atoms with E-state index >= 15 is 0 Å². The minimum absolute atomic E-state index is 0.434. The number of hydrogen-bond acceptors (Lipinski definition) is 4. The van der Waals surface area contributed by atoms with Crippen molar-refractivity contribution >= 4 is 38.4 Å². The number of nitrogens with zero attached hydrogens (tertiary/aromatic N) is 1. The number of thiazole rings is 1. The SMILES string of the molecule is C=C(C)SCC(C)(C)C.Cc1ccc(CCNc2nc3cc(C)c(C)cc3s2)cc1. The molecule has 0 unspecified atom stereocenters. The zero-order valence-electron chi connectivity index (χ0n) is 19.6. The lowest BCUT2D eigenvalue weighted by Gasteiger charge is -2.16. The molecule has 0 aliphatic heterocycles. The van der Waals surface area contributed by atoms with Crippen molar-refractivity contribution in [1.82, 2.24) is 4.98 Å². The van der Waals surface area contributed by atoms with Crippen molar-refractivity contribution in [3.05, 3.63) is 70.1 Å². The highest BCUT2D eigenvalue weighted by molar-refractivity contribution is 8.03. The van der Waals surface area contributed by atoms with Gasteiger partial charge in [-0.2, -0.15) is 0 Å². The normalized spacial score (nSPS) is 11.2. The van der Waals surface area contributed by atoms with Crippen LogP contribution in [0.15, 0.2) is 47.9 Å². The molecular weight excluding hydrogens is 404 g/mol. The molecule has 1 aromatic heterocycles. The van der Waals surface area contributed by atoms with Crippen LogP contribution >= 0.6 is 23.1 Å². The highest BCUT2D eigenvalue weighted by atomic mass is 32.2. The van der Waals surface area contributed by atoms with E-state index < -0.39 is 0 Å². The Hall–Kier alpha value is -1.78. The molecule has 2 nitrogen and oxygen atoms in total. The average molecular weight is 441 g/mol. The maximum absolute atomic E-state index is 4.67. The second-order valence-corrected chi connectivity index (χ2v) is 11.4. The van der Waals surface area contributed by atoms with Crippen molar-refractivity contribution in [2.45, 2.75) is 54.9 Å². The number of anilines is 1. The summed E-state index contributed by atoms with van der Waals surface area (Å²) in [5.74, 6) is 1.17. The van der Waals surface area contributed by atoms with Gasteiger partial charge in [0.25, 0.3) is 0 Å². The van der Waals surface area contributed by atoms with Crippen molar-refractivity contribution in [1.29, 1.82) is 0 Å². The Bertz CT molecular complexity index is 924. The predicted octanol–water partition coefficient (Wildman–Crippen LogP) is 8.18. The quantitative estimate of drug-likeness (QED) is 0.418. The first-order valence-corrected chi connectivity index (χ1v) is 12.3. The van der Waals surface area contributed by atoms with E-state index in [1.807, 2.05) is 11.8 Å². The fourth-order valence-corrected chi connectivity index (χ4v) is 4.31. The summed E-state index contributed by atoms with van der Waals surface area (Å²) < 4.78 is 1.26. The van der Waals surface area contributed by atoms with Crippen LogP contribution < -0.4 is 5.32 Å². The molecule has 0 radical (unpaired) electrons. The van der Waals surface area contributed by atoms with Gasteiger partial charge in [0.1, 0.15) is 0 Å². The highest BCUT2D eigenvalue weighted by Gasteiger charge is 2.09. The molecule has 2 aromatic carbocycles. The van der Waals surface area contributed by atoms with Crippen LogP contribution in [0.25, 0.3) is 10.2 Å². The smallest absolute Gasteiger partial charge is 0.183 e. The first kappa shape index (κ1) is 24.5. The molecule has 1 heterocycles. The van der Waals surface area contributed by atoms with Gasteiger partial charge in [0.2, 0.25) is 0 Å². The number of benzene rings is 2. The molecule has 162 valence electrons. The number of hydrogen-bond donors (Lipinski definition) is 1. The fraction of sp³-hybridized carbons (Fsp3) is 0.423. The Balaban J connectivity index is 0.000000303. The molecule has 3 rings (SSSR count). The van der Waals surface area contributed by atoms with Crippen LogP contribution in [0.2, 0.25) is 0 Å². The third-order valence-electron chi connectivity index (χ3n) is 4.57. The van der Waals surface area contributed by atoms with Gasteiger partial charge in [-0.3, -0.25) is 0 Å². The predicted molar refractivity (Wildman–Crippen MR) is 139 cm³/mol. The van der Waals surface area contributed by atoms with Crippen LogP contribution in [0.1, 0.15) is 49.9 Å².